The molecule has 1 amide bonds. The van der Waals surface area contributed by atoms with Gasteiger partial charge in [0.15, 0.2) is 6.61 Å². The number of aromatic nitrogens is 2. The zero-order valence-corrected chi connectivity index (χ0v) is 14.1. The van der Waals surface area contributed by atoms with Crippen molar-refractivity contribution in [1.82, 2.24) is 14.9 Å². The normalized spacial score (nSPS) is 14.3. The average molecular weight is 351 g/mol. The molecular formula is C20H18FN3O2. The summed E-state index contributed by atoms with van der Waals surface area (Å²) in [6.45, 7) is 1.14. The number of carbonyl (C=O) groups excluding carboxylic acids is 1. The minimum Gasteiger partial charge on any atom is -0.484 e. The van der Waals surface area contributed by atoms with Crippen molar-refractivity contribution < 1.29 is 13.9 Å². The van der Waals surface area contributed by atoms with Gasteiger partial charge in [-0.1, -0.05) is 6.08 Å². The minimum absolute atomic E-state index is 0.0498. The molecule has 26 heavy (non-hydrogen) atoms. The van der Waals surface area contributed by atoms with Crippen LogP contribution >= 0.6 is 0 Å². The average Bonchev–Trinajstić information content (AvgIpc) is 3.11. The van der Waals surface area contributed by atoms with Gasteiger partial charge in [0.25, 0.3) is 5.91 Å². The molecule has 0 radical (unpaired) electrons. The lowest BCUT2D eigenvalue weighted by atomic mass is 9.99. The SMILES string of the molecule is O=C(COc1ccc(F)cc1)N1CC=C(c2c[nH]c3ncccc23)CC1. The maximum atomic E-state index is 12.9. The Hall–Kier alpha value is -3.15. The second-order valence-corrected chi connectivity index (χ2v) is 6.16. The Kier molecular flexibility index (Phi) is 4.39. The smallest absolute Gasteiger partial charge is 0.260 e. The third-order valence-electron chi connectivity index (χ3n) is 4.53. The van der Waals surface area contributed by atoms with Crippen LogP contribution in [0.1, 0.15) is 12.0 Å². The van der Waals surface area contributed by atoms with Crippen LogP contribution in [-0.2, 0) is 4.79 Å². The fourth-order valence-corrected chi connectivity index (χ4v) is 3.13. The lowest BCUT2D eigenvalue weighted by Crippen LogP contribution is -2.37. The first-order chi connectivity index (χ1) is 12.7. The first-order valence-corrected chi connectivity index (χ1v) is 8.48. The molecule has 132 valence electrons. The highest BCUT2D eigenvalue weighted by Crippen LogP contribution is 2.28. The van der Waals surface area contributed by atoms with Gasteiger partial charge in [0, 0.05) is 36.4 Å². The van der Waals surface area contributed by atoms with Crippen LogP contribution in [0.15, 0.2) is 54.9 Å². The van der Waals surface area contributed by atoms with Gasteiger partial charge in [0.05, 0.1) is 0 Å². The summed E-state index contributed by atoms with van der Waals surface area (Å²) in [5.41, 5.74) is 3.23. The van der Waals surface area contributed by atoms with Crippen molar-refractivity contribution >= 4 is 22.5 Å². The van der Waals surface area contributed by atoms with Crippen molar-refractivity contribution in [2.75, 3.05) is 19.7 Å². The van der Waals surface area contributed by atoms with E-state index in [9.17, 15) is 9.18 Å². The van der Waals surface area contributed by atoms with Gasteiger partial charge in [0.1, 0.15) is 17.2 Å². The lowest BCUT2D eigenvalue weighted by Gasteiger charge is -2.26. The van der Waals surface area contributed by atoms with Crippen molar-refractivity contribution in [3.8, 4) is 5.75 Å². The van der Waals surface area contributed by atoms with Gasteiger partial charge in [-0.25, -0.2) is 9.37 Å². The lowest BCUT2D eigenvalue weighted by molar-refractivity contribution is -0.132. The summed E-state index contributed by atoms with van der Waals surface area (Å²) in [5.74, 6) is 0.0781. The monoisotopic (exact) mass is 351 g/mol. The third kappa shape index (κ3) is 3.31. The van der Waals surface area contributed by atoms with Crippen LogP contribution in [0.5, 0.6) is 5.75 Å². The van der Waals surface area contributed by atoms with E-state index in [2.05, 4.69) is 16.0 Å². The Balaban J connectivity index is 1.39. The Morgan fingerprint density at radius 3 is 2.88 bits per heavy atom. The largest absolute Gasteiger partial charge is 0.484 e. The summed E-state index contributed by atoms with van der Waals surface area (Å²) >= 11 is 0. The molecule has 1 aromatic carbocycles. The second-order valence-electron chi connectivity index (χ2n) is 6.16. The van der Waals surface area contributed by atoms with Crippen LogP contribution in [0.3, 0.4) is 0 Å². The number of nitrogens with one attached hydrogen (secondary N) is 1. The molecule has 0 saturated carbocycles. The fourth-order valence-electron chi connectivity index (χ4n) is 3.13. The maximum absolute atomic E-state index is 12.9. The van der Waals surface area contributed by atoms with E-state index < -0.39 is 0 Å². The quantitative estimate of drug-likeness (QED) is 0.784. The molecule has 0 bridgehead atoms. The van der Waals surface area contributed by atoms with Gasteiger partial charge in [-0.05, 0) is 48.4 Å². The van der Waals surface area contributed by atoms with E-state index in [1.54, 1.807) is 11.1 Å². The zero-order chi connectivity index (χ0) is 17.9. The highest BCUT2D eigenvalue weighted by Gasteiger charge is 2.19. The molecule has 1 aliphatic heterocycles. The van der Waals surface area contributed by atoms with Gasteiger partial charge in [-0.3, -0.25) is 4.79 Å². The first-order valence-electron chi connectivity index (χ1n) is 8.48. The molecule has 0 aliphatic carbocycles. The van der Waals surface area contributed by atoms with Gasteiger partial charge >= 0.3 is 0 Å². The number of ether oxygens (including phenoxy) is 1. The third-order valence-corrected chi connectivity index (χ3v) is 4.53. The van der Waals surface area contributed by atoms with Crippen molar-refractivity contribution in [2.45, 2.75) is 6.42 Å². The molecule has 6 heteroatoms. The zero-order valence-electron chi connectivity index (χ0n) is 14.1. The standard InChI is InChI=1S/C20H18FN3O2/c21-15-3-5-16(6-4-15)26-13-19(25)24-10-7-14(8-11-24)18-12-23-20-17(18)2-1-9-22-20/h1-7,9,12H,8,10-11,13H2,(H,22,23). The number of H-pyrrole nitrogens is 1. The van der Waals surface area contributed by atoms with E-state index in [4.69, 9.17) is 4.74 Å². The summed E-state index contributed by atoms with van der Waals surface area (Å²) in [5, 5.41) is 1.10. The fraction of sp³-hybridized carbons (Fsp3) is 0.200. The van der Waals surface area contributed by atoms with Crippen LogP contribution in [0.2, 0.25) is 0 Å². The van der Waals surface area contributed by atoms with Crippen LogP contribution in [-0.4, -0.2) is 40.5 Å². The number of hydrogen-bond donors (Lipinski definition) is 1. The Morgan fingerprint density at radius 1 is 1.27 bits per heavy atom. The first kappa shape index (κ1) is 16.3. The summed E-state index contributed by atoms with van der Waals surface area (Å²) in [6, 6.07) is 9.62. The molecule has 1 aliphatic rings. The highest BCUT2D eigenvalue weighted by atomic mass is 19.1. The summed E-state index contributed by atoms with van der Waals surface area (Å²) in [4.78, 5) is 21.6. The summed E-state index contributed by atoms with van der Waals surface area (Å²) < 4.78 is 18.3. The van der Waals surface area contributed by atoms with Crippen LogP contribution in [0.4, 0.5) is 4.39 Å². The highest BCUT2D eigenvalue weighted by molar-refractivity contribution is 5.91. The number of rotatable bonds is 4. The second kappa shape index (κ2) is 7.00. The molecule has 2 aromatic heterocycles. The number of pyridine rings is 1. The van der Waals surface area contributed by atoms with E-state index in [-0.39, 0.29) is 18.3 Å². The molecule has 0 atom stereocenters. The minimum atomic E-state index is -0.329. The molecular weight excluding hydrogens is 333 g/mol. The van der Waals surface area contributed by atoms with Crippen LogP contribution in [0, 0.1) is 5.82 Å². The topological polar surface area (TPSA) is 58.2 Å². The van der Waals surface area contributed by atoms with Gasteiger partial charge < -0.3 is 14.6 Å². The Morgan fingerprint density at radius 2 is 2.12 bits per heavy atom. The molecule has 0 unspecified atom stereocenters. The van der Waals surface area contributed by atoms with E-state index in [1.165, 1.54) is 29.8 Å². The van der Waals surface area contributed by atoms with Crippen molar-refractivity contribution in [2.24, 2.45) is 0 Å². The van der Waals surface area contributed by atoms with Gasteiger partial charge in [-0.15, -0.1) is 0 Å². The van der Waals surface area contributed by atoms with E-state index in [1.807, 2.05) is 18.3 Å². The van der Waals surface area contributed by atoms with Gasteiger partial charge in [0.2, 0.25) is 0 Å². The van der Waals surface area contributed by atoms with Crippen molar-refractivity contribution in [3.63, 3.8) is 0 Å². The number of carbonyl (C=O) groups is 1. The summed E-state index contributed by atoms with van der Waals surface area (Å²) in [7, 11) is 0. The Bertz CT molecular complexity index is 963. The summed E-state index contributed by atoms with van der Waals surface area (Å²) in [6.07, 6.45) is 6.59. The maximum Gasteiger partial charge on any atom is 0.260 e. The molecule has 1 N–H and O–H groups in total. The number of hydrogen-bond acceptors (Lipinski definition) is 3. The molecule has 3 heterocycles. The predicted octanol–water partition coefficient (Wildman–Crippen LogP) is 3.40. The number of halogens is 1. The van der Waals surface area contributed by atoms with E-state index in [0.717, 1.165) is 23.0 Å². The predicted molar refractivity (Wildman–Crippen MR) is 97.2 cm³/mol. The number of benzene rings is 1. The molecule has 4 rings (SSSR count). The van der Waals surface area contributed by atoms with Crippen LogP contribution in [0.25, 0.3) is 16.6 Å². The van der Waals surface area contributed by atoms with Crippen LogP contribution < -0.4 is 4.74 Å². The van der Waals surface area contributed by atoms with E-state index >= 15 is 0 Å². The van der Waals surface area contributed by atoms with E-state index in [0.29, 0.717) is 18.8 Å². The molecule has 5 nitrogen and oxygen atoms in total. The molecule has 3 aromatic rings. The Labute approximate surface area is 150 Å². The number of fused-ring (bicyclic) bond motifs is 1. The molecule has 0 spiro atoms. The molecule has 0 saturated heterocycles. The van der Waals surface area contributed by atoms with Gasteiger partial charge in [-0.2, -0.15) is 0 Å². The number of nitrogens with zero attached hydrogens (tertiary/aromatic N) is 2. The number of aromatic amines is 1. The molecule has 0 fully saturated rings. The number of amides is 1. The van der Waals surface area contributed by atoms with Crippen molar-refractivity contribution in [1.29, 1.82) is 0 Å². The van der Waals surface area contributed by atoms with Crippen molar-refractivity contribution in [3.05, 3.63) is 66.2 Å².